The molecule has 14 heteroatoms. The van der Waals surface area contributed by atoms with Gasteiger partial charge in [0, 0.05) is 17.7 Å². The molecule has 3 heterocycles. The fourth-order valence-electron chi connectivity index (χ4n) is 3.23. The molecule has 0 saturated heterocycles. The molecule has 1 unspecified atom stereocenters. The minimum atomic E-state index is -4.94. The molecule has 5 rings (SSSR count). The maximum absolute atomic E-state index is 12.8. The van der Waals surface area contributed by atoms with Gasteiger partial charge in [-0.25, -0.2) is 22.6 Å². The van der Waals surface area contributed by atoms with Crippen LogP contribution in [-0.4, -0.2) is 44.0 Å². The number of pyridine rings is 1. The van der Waals surface area contributed by atoms with E-state index < -0.39 is 31.0 Å². The molecule has 1 aliphatic rings. The molecule has 9 nitrogen and oxygen atoms in total. The molecule has 0 N–H and O–H groups in total. The van der Waals surface area contributed by atoms with Crippen molar-refractivity contribution in [1.82, 2.24) is 20.1 Å². The van der Waals surface area contributed by atoms with Gasteiger partial charge in [0.05, 0.1) is 15.5 Å². The Hall–Kier alpha value is -3.13. The third-order valence-corrected chi connectivity index (χ3v) is 8.02. The lowest BCUT2D eigenvalue weighted by Crippen LogP contribution is -2.16. The first-order chi connectivity index (χ1) is 16.1. The zero-order valence-electron chi connectivity index (χ0n) is 17.4. The molecule has 0 bridgehead atoms. The number of hydrogen-bond acceptors (Lipinski definition) is 9. The highest BCUT2D eigenvalue weighted by atomic mass is 32.2. The quantitative estimate of drug-likeness (QED) is 0.372. The van der Waals surface area contributed by atoms with E-state index in [2.05, 4.69) is 20.1 Å². The molecule has 1 atom stereocenters. The Morgan fingerprint density at radius 3 is 2.62 bits per heavy atom. The van der Waals surface area contributed by atoms with Crippen LogP contribution in [-0.2, 0) is 20.6 Å². The Bertz CT molecular complexity index is 1540. The average Bonchev–Trinajstić information content (AvgIpc) is 3.38. The van der Waals surface area contributed by atoms with E-state index in [-0.39, 0.29) is 45.1 Å². The van der Waals surface area contributed by atoms with Gasteiger partial charge in [0.25, 0.3) is 0 Å². The molecule has 178 valence electrons. The third-order valence-electron chi connectivity index (χ3n) is 5.18. The van der Waals surface area contributed by atoms with Crippen LogP contribution in [0.3, 0.4) is 0 Å². The molecule has 1 fully saturated rings. The predicted octanol–water partition coefficient (Wildman–Crippen LogP) is 4.24. The summed E-state index contributed by atoms with van der Waals surface area (Å²) in [7, 11) is -7.08. The molecule has 1 saturated carbocycles. The maximum atomic E-state index is 12.8. The first kappa shape index (κ1) is 22.7. The van der Waals surface area contributed by atoms with E-state index in [1.165, 1.54) is 25.3 Å². The molecule has 4 aromatic rings. The zero-order chi connectivity index (χ0) is 24.3. The smallest absolute Gasteiger partial charge is 0.435 e. The Balaban J connectivity index is 1.60. The van der Waals surface area contributed by atoms with Crippen molar-refractivity contribution >= 4 is 31.7 Å². The third kappa shape index (κ3) is 4.11. The minimum absolute atomic E-state index is 0.0249. The lowest BCUT2D eigenvalue weighted by Gasteiger charge is -2.07. The van der Waals surface area contributed by atoms with Crippen LogP contribution in [0.15, 0.2) is 49.2 Å². The average molecular weight is 512 g/mol. The van der Waals surface area contributed by atoms with E-state index in [1.54, 1.807) is 0 Å². The second-order valence-corrected chi connectivity index (χ2v) is 11.3. The van der Waals surface area contributed by atoms with Crippen molar-refractivity contribution in [2.75, 3.05) is 5.75 Å². The highest BCUT2D eigenvalue weighted by Crippen LogP contribution is 2.40. The van der Waals surface area contributed by atoms with E-state index in [4.69, 9.17) is 8.94 Å². The normalized spacial score (nSPS) is 15.6. The summed E-state index contributed by atoms with van der Waals surface area (Å²) in [6.45, 7) is 1.45. The first-order valence-electron chi connectivity index (χ1n) is 10.0. The van der Waals surface area contributed by atoms with Crippen molar-refractivity contribution in [3.05, 3.63) is 36.4 Å². The number of benzene rings is 1. The summed E-state index contributed by atoms with van der Waals surface area (Å²) in [5, 5.41) is 3.90. The number of rotatable bonds is 6. The van der Waals surface area contributed by atoms with Crippen LogP contribution in [0.4, 0.5) is 13.2 Å². The summed E-state index contributed by atoms with van der Waals surface area (Å²) < 4.78 is 86.6. The number of aromatic nitrogens is 4. The topological polar surface area (TPSA) is 129 Å². The summed E-state index contributed by atoms with van der Waals surface area (Å²) >= 11 is 0. The molecule has 0 amide bonds. The van der Waals surface area contributed by atoms with Gasteiger partial charge in [-0.15, -0.1) is 0 Å². The maximum Gasteiger partial charge on any atom is 0.475 e. The lowest BCUT2D eigenvalue weighted by molar-refractivity contribution is -0.0384. The second kappa shape index (κ2) is 7.98. The van der Waals surface area contributed by atoms with Crippen molar-refractivity contribution in [1.29, 1.82) is 0 Å². The van der Waals surface area contributed by atoms with Crippen LogP contribution in [0.25, 0.3) is 34.1 Å². The van der Waals surface area contributed by atoms with Gasteiger partial charge >= 0.3 is 5.51 Å². The molecular weight excluding hydrogens is 497 g/mol. The summed E-state index contributed by atoms with van der Waals surface area (Å²) in [4.78, 5) is 11.9. The van der Waals surface area contributed by atoms with Gasteiger partial charge in [0.2, 0.25) is 17.6 Å². The lowest BCUT2D eigenvalue weighted by atomic mass is 10.2. The van der Waals surface area contributed by atoms with Gasteiger partial charge in [-0.1, -0.05) is 12.1 Å². The van der Waals surface area contributed by atoms with Crippen molar-refractivity contribution < 1.29 is 34.7 Å². The highest BCUT2D eigenvalue weighted by molar-refractivity contribution is 7.91. The molecular formula is C20H15F3N4O5S2. The van der Waals surface area contributed by atoms with Crippen molar-refractivity contribution in [3.63, 3.8) is 0 Å². The Kier molecular flexibility index (Phi) is 5.31. The van der Waals surface area contributed by atoms with Gasteiger partial charge < -0.3 is 8.94 Å². The molecule has 0 spiro atoms. The van der Waals surface area contributed by atoms with Crippen molar-refractivity contribution in [2.24, 2.45) is 0 Å². The summed E-state index contributed by atoms with van der Waals surface area (Å²) in [5.41, 5.74) is -4.69. The van der Waals surface area contributed by atoms with E-state index in [1.807, 2.05) is 0 Å². The number of nitrogens with zero attached hydrogens (tertiary/aromatic N) is 4. The fraction of sp³-hybridized carbons (Fsp3) is 0.300. The number of alkyl halides is 3. The first-order valence-corrected chi connectivity index (χ1v) is 12.8. The van der Waals surface area contributed by atoms with E-state index in [0.717, 1.165) is 25.0 Å². The van der Waals surface area contributed by atoms with E-state index in [9.17, 15) is 25.8 Å². The van der Waals surface area contributed by atoms with Gasteiger partial charge in [-0.2, -0.15) is 18.2 Å². The van der Waals surface area contributed by atoms with Crippen molar-refractivity contribution in [3.8, 4) is 23.0 Å². The Morgan fingerprint density at radius 2 is 1.94 bits per heavy atom. The Morgan fingerprint density at radius 1 is 1.18 bits per heavy atom. The molecule has 0 aliphatic heterocycles. The molecule has 1 aromatic carbocycles. The van der Waals surface area contributed by atoms with Crippen LogP contribution in [0.1, 0.15) is 31.6 Å². The van der Waals surface area contributed by atoms with Gasteiger partial charge in [-0.05, 0) is 37.1 Å². The summed E-state index contributed by atoms with van der Waals surface area (Å²) in [5.74, 6) is 0.411. The van der Waals surface area contributed by atoms with E-state index in [0.29, 0.717) is 11.5 Å². The molecule has 3 aromatic heterocycles. The monoisotopic (exact) mass is 512 g/mol. The van der Waals surface area contributed by atoms with Crippen LogP contribution in [0.2, 0.25) is 0 Å². The molecule has 1 aliphatic carbocycles. The van der Waals surface area contributed by atoms with Crippen LogP contribution < -0.4 is 0 Å². The second-order valence-electron chi connectivity index (χ2n) is 7.57. The highest BCUT2D eigenvalue weighted by Gasteiger charge is 2.38. The molecule has 0 radical (unpaired) electrons. The van der Waals surface area contributed by atoms with Gasteiger partial charge in [0.1, 0.15) is 11.2 Å². The van der Waals surface area contributed by atoms with Crippen LogP contribution >= 0.6 is 0 Å². The number of sulfone groups is 1. The van der Waals surface area contributed by atoms with Gasteiger partial charge in [0.15, 0.2) is 26.2 Å². The fourth-order valence-corrected chi connectivity index (χ4v) is 4.96. The standard InChI is InChI=1S/C20H15F3N4O5S2/c1-2-34(29,30)15-7-11(17-26-18(32-27-17)10-3-4-10)9-24-16(15)19-25-13-8-12(5-6-14(13)31-19)33(28)20(21,22)23/h5-10H,2-4H2,1H3. The minimum Gasteiger partial charge on any atom is -0.435 e. The van der Waals surface area contributed by atoms with Crippen LogP contribution in [0.5, 0.6) is 0 Å². The van der Waals surface area contributed by atoms with Crippen LogP contribution in [0, 0.1) is 0 Å². The van der Waals surface area contributed by atoms with E-state index >= 15 is 0 Å². The summed E-state index contributed by atoms with van der Waals surface area (Å²) in [6, 6.07) is 4.51. The van der Waals surface area contributed by atoms with Crippen molar-refractivity contribution in [2.45, 2.75) is 41.0 Å². The number of fused-ring (bicyclic) bond motifs is 1. The number of halogens is 3. The largest absolute Gasteiger partial charge is 0.475 e. The zero-order valence-corrected chi connectivity index (χ0v) is 19.0. The summed E-state index contributed by atoms with van der Waals surface area (Å²) in [6.07, 6.45) is 3.24. The Labute approximate surface area is 192 Å². The van der Waals surface area contributed by atoms with Gasteiger partial charge in [-0.3, -0.25) is 0 Å². The SMILES string of the molecule is CCS(=O)(=O)c1cc(-c2noc(C3CC3)n2)cnc1-c1nc2cc(S(=O)C(F)(F)F)ccc2o1. The number of oxazole rings is 1. The predicted molar refractivity (Wildman–Crippen MR) is 113 cm³/mol. The number of hydrogen-bond donors (Lipinski definition) is 0. The molecule has 34 heavy (non-hydrogen) atoms.